The van der Waals surface area contributed by atoms with E-state index in [1.165, 1.54) is 9.80 Å². The van der Waals surface area contributed by atoms with Gasteiger partial charge >= 0.3 is 24.7 Å². The number of hydrogen-bond acceptors (Lipinski definition) is 8. The highest BCUT2D eigenvalue weighted by molar-refractivity contribution is 5.81. The Bertz CT molecular complexity index is 2990. The van der Waals surface area contributed by atoms with Gasteiger partial charge in [-0.05, 0) is 185 Å². The Hall–Kier alpha value is -6.48. The van der Waals surface area contributed by atoms with Crippen LogP contribution in [0.2, 0.25) is 0 Å². The number of alkyl halides is 12. The van der Waals surface area contributed by atoms with E-state index in [9.17, 15) is 26.3 Å². The van der Waals surface area contributed by atoms with Gasteiger partial charge in [-0.2, -0.15) is 52.7 Å². The molecule has 0 amide bonds. The molecule has 488 valence electrons. The molecule has 90 heavy (non-hydrogen) atoms. The van der Waals surface area contributed by atoms with Gasteiger partial charge in [-0.3, -0.25) is 0 Å². The molecule has 2 saturated heterocycles. The third-order valence-electron chi connectivity index (χ3n) is 17.8. The predicted octanol–water partition coefficient (Wildman–Crippen LogP) is 20.7. The second-order valence-corrected chi connectivity index (χ2v) is 24.2. The maximum Gasteiger partial charge on any atom is 0.418 e. The lowest BCUT2D eigenvalue weighted by molar-refractivity contribution is -0.150. The average molecular weight is 1270 g/mol. The first-order valence-corrected chi connectivity index (χ1v) is 31.1. The average Bonchev–Trinajstić information content (AvgIpc) is 0.780. The molecule has 3 aliphatic rings. The summed E-state index contributed by atoms with van der Waals surface area (Å²) in [5.41, 5.74) is -5.19. The monoisotopic (exact) mass is 1270 g/mol. The first kappa shape index (κ1) is 67.9. The molecule has 6 aromatic carbocycles. The third-order valence-corrected chi connectivity index (χ3v) is 17.8. The molecule has 0 spiro atoms. The van der Waals surface area contributed by atoms with Crippen molar-refractivity contribution in [1.29, 1.82) is 0 Å². The van der Waals surface area contributed by atoms with Gasteiger partial charge in [0.15, 0.2) is 0 Å². The number of halogens is 12. The Morgan fingerprint density at radius 1 is 0.389 bits per heavy atom. The smallest absolute Gasteiger partial charge is 0.418 e. The van der Waals surface area contributed by atoms with E-state index in [1.807, 2.05) is 0 Å². The van der Waals surface area contributed by atoms with E-state index in [1.54, 1.807) is 97.1 Å². The molecular formula is C70H78F12N2O6. The first-order chi connectivity index (χ1) is 43.0. The van der Waals surface area contributed by atoms with Crippen molar-refractivity contribution in [3.05, 3.63) is 167 Å². The van der Waals surface area contributed by atoms with E-state index in [0.717, 1.165) is 133 Å². The minimum absolute atomic E-state index is 0.106. The van der Waals surface area contributed by atoms with Gasteiger partial charge in [0.05, 0.1) is 86.5 Å². The summed E-state index contributed by atoms with van der Waals surface area (Å²) in [6, 6.07) is 29.2. The zero-order chi connectivity index (χ0) is 64.2. The highest BCUT2D eigenvalue weighted by Gasteiger charge is 2.43. The SMILES string of the molecule is CCC1(COCCCCCCOc2ccc(N(c3ccc(C4(c5ccc(N(c6ccc(OCCCCCCOCC7(CC)COC7)cc6)c6ccc(C(F)(F)F)cc6C(F)(F)F)cc5)CCCCC4)cc3)c3ccc(C(F)(F)F)cc3C(F)(F)F)cc2)COC1. The molecule has 9 rings (SSSR count). The summed E-state index contributed by atoms with van der Waals surface area (Å²) in [6.07, 6.45) is -8.05. The van der Waals surface area contributed by atoms with Gasteiger partial charge in [-0.15, -0.1) is 0 Å². The number of ether oxygens (including phenoxy) is 6. The number of nitrogens with zero attached hydrogens (tertiary/aromatic N) is 2. The molecule has 0 radical (unpaired) electrons. The van der Waals surface area contributed by atoms with Crippen LogP contribution < -0.4 is 19.3 Å². The fourth-order valence-corrected chi connectivity index (χ4v) is 12.1. The van der Waals surface area contributed by atoms with E-state index in [0.29, 0.717) is 76.1 Å². The van der Waals surface area contributed by atoms with E-state index in [4.69, 9.17) is 28.4 Å². The standard InChI is InChI=1S/C70H78F12N2O6/c1-3-64(46-87-47-64)44-85-38-12-5-7-14-40-89-58-30-26-56(27-31-58)83(62-34-20-52(67(71,72)73)42-60(62)69(77,78)79)54-22-16-50(17-23-54)66(36-10-9-11-37-66)51-18-24-55(25-19-51)84(63-35-21-53(68(74,75)76)43-61(63)70(80,81)82)57-28-32-59(33-29-57)90-41-15-8-6-13-39-86-45-65(4-2)48-88-49-65/h16-35,42-43H,3-15,36-41,44-49H2,1-2H3. The van der Waals surface area contributed by atoms with E-state index in [2.05, 4.69) is 13.8 Å². The number of benzene rings is 6. The van der Waals surface area contributed by atoms with Crippen molar-refractivity contribution >= 4 is 34.1 Å². The normalized spacial score (nSPS) is 16.5. The molecule has 0 atom stereocenters. The molecule has 20 heteroatoms. The van der Waals surface area contributed by atoms with Crippen LogP contribution in [0.5, 0.6) is 11.5 Å². The van der Waals surface area contributed by atoms with Crippen LogP contribution in [0.4, 0.5) is 86.8 Å². The van der Waals surface area contributed by atoms with Gasteiger partial charge in [-0.1, -0.05) is 70.2 Å². The summed E-state index contributed by atoms with van der Waals surface area (Å²) >= 11 is 0. The highest BCUT2D eigenvalue weighted by Crippen LogP contribution is 2.51. The first-order valence-electron chi connectivity index (χ1n) is 31.1. The summed E-state index contributed by atoms with van der Waals surface area (Å²) in [4.78, 5) is 2.50. The van der Waals surface area contributed by atoms with Crippen molar-refractivity contribution in [2.75, 3.05) is 75.9 Å². The van der Waals surface area contributed by atoms with Crippen molar-refractivity contribution in [1.82, 2.24) is 0 Å². The molecule has 1 saturated carbocycles. The minimum atomic E-state index is -5.21. The predicted molar refractivity (Wildman–Crippen MR) is 323 cm³/mol. The Balaban J connectivity index is 0.951. The second-order valence-electron chi connectivity index (χ2n) is 24.2. The van der Waals surface area contributed by atoms with Gasteiger partial charge < -0.3 is 38.2 Å². The van der Waals surface area contributed by atoms with Crippen molar-refractivity contribution in [3.8, 4) is 11.5 Å². The number of rotatable bonds is 30. The minimum Gasteiger partial charge on any atom is -0.494 e. The van der Waals surface area contributed by atoms with E-state index < -0.39 is 63.7 Å². The van der Waals surface area contributed by atoms with Crippen LogP contribution in [-0.4, -0.2) is 66.1 Å². The van der Waals surface area contributed by atoms with Gasteiger partial charge in [0.25, 0.3) is 0 Å². The summed E-state index contributed by atoms with van der Waals surface area (Å²) in [6.45, 7) is 10.5. The quantitative estimate of drug-likeness (QED) is 0.0327. The zero-order valence-electron chi connectivity index (χ0n) is 50.8. The Labute approximate surface area is 518 Å². The summed E-state index contributed by atoms with van der Waals surface area (Å²) in [5.74, 6) is 0.889. The zero-order valence-corrected chi connectivity index (χ0v) is 50.8. The fraction of sp³-hybridized carbons (Fsp3) is 0.486. The summed E-state index contributed by atoms with van der Waals surface area (Å²) in [7, 11) is 0. The van der Waals surface area contributed by atoms with Crippen molar-refractivity contribution in [2.45, 2.75) is 140 Å². The number of unbranched alkanes of at least 4 members (excludes halogenated alkanes) is 6. The van der Waals surface area contributed by atoms with Crippen LogP contribution >= 0.6 is 0 Å². The molecule has 0 bridgehead atoms. The maximum absolute atomic E-state index is 15.0. The van der Waals surface area contributed by atoms with Crippen LogP contribution in [-0.2, 0) is 49.1 Å². The van der Waals surface area contributed by atoms with Crippen LogP contribution in [0.25, 0.3) is 0 Å². The van der Waals surface area contributed by atoms with Gasteiger partial charge in [0.2, 0.25) is 0 Å². The van der Waals surface area contributed by atoms with E-state index >= 15 is 26.3 Å². The highest BCUT2D eigenvalue weighted by atomic mass is 19.4. The molecule has 6 aromatic rings. The largest absolute Gasteiger partial charge is 0.494 e. The Kier molecular flexibility index (Phi) is 22.2. The second kappa shape index (κ2) is 29.4. The third kappa shape index (κ3) is 16.8. The molecule has 3 fully saturated rings. The van der Waals surface area contributed by atoms with Crippen LogP contribution in [0, 0.1) is 10.8 Å². The van der Waals surface area contributed by atoms with Crippen molar-refractivity contribution in [3.63, 3.8) is 0 Å². The molecule has 2 aliphatic heterocycles. The lowest BCUT2D eigenvalue weighted by atomic mass is 9.65. The molecule has 1 aliphatic carbocycles. The number of anilines is 6. The van der Waals surface area contributed by atoms with Crippen molar-refractivity contribution < 1.29 is 81.1 Å². The molecule has 8 nitrogen and oxygen atoms in total. The Morgan fingerprint density at radius 2 is 0.722 bits per heavy atom. The van der Waals surface area contributed by atoms with Crippen LogP contribution in [0.3, 0.4) is 0 Å². The van der Waals surface area contributed by atoms with Gasteiger partial charge in [-0.25, -0.2) is 0 Å². The molecule has 0 aromatic heterocycles. The van der Waals surface area contributed by atoms with Gasteiger partial charge in [0, 0.05) is 52.2 Å². The fourth-order valence-electron chi connectivity index (χ4n) is 12.1. The summed E-state index contributed by atoms with van der Waals surface area (Å²) in [5, 5.41) is 0. The lowest BCUT2D eigenvalue weighted by Gasteiger charge is -2.40. The molecule has 0 unspecified atom stereocenters. The van der Waals surface area contributed by atoms with E-state index in [-0.39, 0.29) is 45.7 Å². The molecule has 0 N–H and O–H groups in total. The molecular weight excluding hydrogens is 1190 g/mol. The lowest BCUT2D eigenvalue weighted by Crippen LogP contribution is -2.45. The maximum atomic E-state index is 15.0. The summed E-state index contributed by atoms with van der Waals surface area (Å²) < 4.78 is 209. The van der Waals surface area contributed by atoms with Crippen molar-refractivity contribution in [2.24, 2.45) is 10.8 Å². The van der Waals surface area contributed by atoms with Crippen LogP contribution in [0.15, 0.2) is 133 Å². The topological polar surface area (TPSA) is 61.9 Å². The van der Waals surface area contributed by atoms with Gasteiger partial charge in [0.1, 0.15) is 11.5 Å². The number of hydrogen-bond donors (Lipinski definition) is 0. The van der Waals surface area contributed by atoms with Crippen LogP contribution in [0.1, 0.15) is 144 Å². The Morgan fingerprint density at radius 3 is 1.02 bits per heavy atom. The molecule has 2 heterocycles.